The van der Waals surface area contributed by atoms with Crippen LogP contribution in [-0.4, -0.2) is 35.7 Å². The lowest BCUT2D eigenvalue weighted by Gasteiger charge is -2.33. The summed E-state index contributed by atoms with van der Waals surface area (Å²) in [6.07, 6.45) is 2.44. The van der Waals surface area contributed by atoms with Gasteiger partial charge in [0.05, 0.1) is 0 Å². The van der Waals surface area contributed by atoms with Crippen LogP contribution in [0.3, 0.4) is 0 Å². The molecule has 2 rings (SSSR count). The third-order valence-corrected chi connectivity index (χ3v) is 3.69. The van der Waals surface area contributed by atoms with E-state index in [9.17, 15) is 0 Å². The molecule has 0 saturated carbocycles. The first kappa shape index (κ1) is 14.3. The maximum atomic E-state index is 5.26. The number of likely N-dealkylation sites (tertiary alicyclic amines) is 1. The molecule has 4 heteroatoms. The molecule has 1 aliphatic heterocycles. The Hall–Kier alpha value is -1.13. The molecule has 1 aliphatic rings. The monoisotopic (exact) mass is 277 g/mol. The summed E-state index contributed by atoms with van der Waals surface area (Å²) in [5.41, 5.74) is 1.39. The number of piperidine rings is 1. The van der Waals surface area contributed by atoms with Crippen LogP contribution in [0.2, 0.25) is 0 Å². The standard InChI is InChI=1S/C15H23N3S/c1-2-16-15(19)17-14-9-6-10-18(12-14)11-13-7-4-3-5-8-13/h3-5,7-8,14H,2,6,9-12H2,1H3,(H2,16,17,19). The highest BCUT2D eigenvalue weighted by atomic mass is 32.1. The van der Waals surface area contributed by atoms with Gasteiger partial charge in [-0.05, 0) is 44.1 Å². The molecule has 1 fully saturated rings. The molecule has 104 valence electrons. The first-order chi connectivity index (χ1) is 9.28. The van der Waals surface area contributed by atoms with Crippen molar-refractivity contribution in [1.29, 1.82) is 0 Å². The first-order valence-corrected chi connectivity index (χ1v) is 7.49. The zero-order chi connectivity index (χ0) is 13.5. The predicted octanol–water partition coefficient (Wildman–Crippen LogP) is 2.13. The van der Waals surface area contributed by atoms with E-state index in [0.717, 1.165) is 24.7 Å². The molecule has 1 aromatic carbocycles. The van der Waals surface area contributed by atoms with Crippen LogP contribution in [0.4, 0.5) is 0 Å². The van der Waals surface area contributed by atoms with Crippen LogP contribution < -0.4 is 10.6 Å². The number of nitrogens with zero attached hydrogens (tertiary/aromatic N) is 1. The summed E-state index contributed by atoms with van der Waals surface area (Å²) in [6.45, 7) is 6.23. The Kier molecular flexibility index (Phi) is 5.61. The molecule has 1 saturated heterocycles. The molecule has 0 aromatic heterocycles. The largest absolute Gasteiger partial charge is 0.363 e. The molecule has 0 spiro atoms. The molecule has 3 nitrogen and oxygen atoms in total. The lowest BCUT2D eigenvalue weighted by molar-refractivity contribution is 0.193. The summed E-state index contributed by atoms with van der Waals surface area (Å²) in [5.74, 6) is 0. The molecule has 0 aliphatic carbocycles. The van der Waals surface area contributed by atoms with E-state index in [-0.39, 0.29) is 0 Å². The van der Waals surface area contributed by atoms with Crippen molar-refractivity contribution in [2.24, 2.45) is 0 Å². The van der Waals surface area contributed by atoms with Gasteiger partial charge in [0.15, 0.2) is 5.11 Å². The van der Waals surface area contributed by atoms with Crippen LogP contribution in [-0.2, 0) is 6.54 Å². The van der Waals surface area contributed by atoms with Crippen molar-refractivity contribution in [3.05, 3.63) is 35.9 Å². The molecular formula is C15H23N3S. The Morgan fingerprint density at radius 3 is 2.89 bits per heavy atom. The maximum absolute atomic E-state index is 5.26. The topological polar surface area (TPSA) is 27.3 Å². The second-order valence-electron chi connectivity index (χ2n) is 5.06. The number of nitrogens with one attached hydrogen (secondary N) is 2. The van der Waals surface area contributed by atoms with Gasteiger partial charge in [0, 0.05) is 25.7 Å². The van der Waals surface area contributed by atoms with Crippen molar-refractivity contribution in [2.75, 3.05) is 19.6 Å². The van der Waals surface area contributed by atoms with E-state index in [2.05, 4.69) is 52.8 Å². The van der Waals surface area contributed by atoms with Gasteiger partial charge < -0.3 is 10.6 Å². The summed E-state index contributed by atoms with van der Waals surface area (Å²) in [7, 11) is 0. The average molecular weight is 277 g/mol. The fourth-order valence-corrected chi connectivity index (χ4v) is 2.87. The predicted molar refractivity (Wildman–Crippen MR) is 84.2 cm³/mol. The van der Waals surface area contributed by atoms with E-state index in [0.29, 0.717) is 6.04 Å². The van der Waals surface area contributed by atoms with Crippen LogP contribution in [0.5, 0.6) is 0 Å². The molecule has 19 heavy (non-hydrogen) atoms. The third-order valence-electron chi connectivity index (χ3n) is 3.43. The highest BCUT2D eigenvalue weighted by Crippen LogP contribution is 2.13. The number of hydrogen-bond acceptors (Lipinski definition) is 2. The van der Waals surface area contributed by atoms with Crippen molar-refractivity contribution in [3.63, 3.8) is 0 Å². The van der Waals surface area contributed by atoms with Crippen LogP contribution in [0, 0.1) is 0 Å². The Morgan fingerprint density at radius 2 is 2.16 bits per heavy atom. The van der Waals surface area contributed by atoms with Crippen molar-refractivity contribution in [2.45, 2.75) is 32.4 Å². The molecule has 1 unspecified atom stereocenters. The summed E-state index contributed by atoms with van der Waals surface area (Å²) in [6, 6.07) is 11.1. The van der Waals surface area contributed by atoms with Crippen molar-refractivity contribution in [3.8, 4) is 0 Å². The summed E-state index contributed by atoms with van der Waals surface area (Å²) in [4.78, 5) is 2.51. The van der Waals surface area contributed by atoms with Crippen LogP contribution >= 0.6 is 12.2 Å². The van der Waals surface area contributed by atoms with E-state index < -0.39 is 0 Å². The highest BCUT2D eigenvalue weighted by molar-refractivity contribution is 7.80. The van der Waals surface area contributed by atoms with E-state index in [1.807, 2.05) is 0 Å². The van der Waals surface area contributed by atoms with E-state index in [4.69, 9.17) is 12.2 Å². The van der Waals surface area contributed by atoms with Gasteiger partial charge in [0.1, 0.15) is 0 Å². The molecular weight excluding hydrogens is 254 g/mol. The normalized spacial score (nSPS) is 19.9. The molecule has 1 atom stereocenters. The minimum absolute atomic E-state index is 0.476. The lowest BCUT2D eigenvalue weighted by atomic mass is 10.0. The fraction of sp³-hybridized carbons (Fsp3) is 0.533. The van der Waals surface area contributed by atoms with Crippen molar-refractivity contribution < 1.29 is 0 Å². The Morgan fingerprint density at radius 1 is 1.37 bits per heavy atom. The van der Waals surface area contributed by atoms with Crippen molar-refractivity contribution in [1.82, 2.24) is 15.5 Å². The Balaban J connectivity index is 1.82. The Labute approximate surface area is 121 Å². The average Bonchev–Trinajstić information content (AvgIpc) is 2.40. The van der Waals surface area contributed by atoms with Gasteiger partial charge in [-0.15, -0.1) is 0 Å². The number of benzene rings is 1. The Bertz CT molecular complexity index is 394. The van der Waals surface area contributed by atoms with Gasteiger partial charge in [-0.3, -0.25) is 4.90 Å². The smallest absolute Gasteiger partial charge is 0.166 e. The highest BCUT2D eigenvalue weighted by Gasteiger charge is 2.20. The SMILES string of the molecule is CCNC(=S)NC1CCCN(Cc2ccccc2)C1. The minimum Gasteiger partial charge on any atom is -0.363 e. The van der Waals surface area contributed by atoms with Crippen LogP contribution in [0.1, 0.15) is 25.3 Å². The summed E-state index contributed by atoms with van der Waals surface area (Å²) in [5, 5.41) is 7.36. The number of rotatable bonds is 4. The van der Waals surface area contributed by atoms with Crippen LogP contribution in [0.15, 0.2) is 30.3 Å². The first-order valence-electron chi connectivity index (χ1n) is 7.08. The van der Waals surface area contributed by atoms with E-state index in [1.165, 1.54) is 24.9 Å². The molecule has 0 amide bonds. The molecule has 1 heterocycles. The quantitative estimate of drug-likeness (QED) is 0.825. The van der Waals surface area contributed by atoms with Gasteiger partial charge >= 0.3 is 0 Å². The molecule has 1 aromatic rings. The van der Waals surface area contributed by atoms with Gasteiger partial charge in [-0.1, -0.05) is 30.3 Å². The van der Waals surface area contributed by atoms with E-state index >= 15 is 0 Å². The van der Waals surface area contributed by atoms with Gasteiger partial charge in [-0.2, -0.15) is 0 Å². The minimum atomic E-state index is 0.476. The van der Waals surface area contributed by atoms with Crippen molar-refractivity contribution >= 4 is 17.3 Å². The maximum Gasteiger partial charge on any atom is 0.166 e. The molecule has 0 bridgehead atoms. The molecule has 0 radical (unpaired) electrons. The van der Waals surface area contributed by atoms with E-state index in [1.54, 1.807) is 0 Å². The summed E-state index contributed by atoms with van der Waals surface area (Å²) < 4.78 is 0. The zero-order valence-electron chi connectivity index (χ0n) is 11.6. The summed E-state index contributed by atoms with van der Waals surface area (Å²) >= 11 is 5.26. The molecule has 2 N–H and O–H groups in total. The van der Waals surface area contributed by atoms with Gasteiger partial charge in [-0.25, -0.2) is 0 Å². The number of hydrogen-bond donors (Lipinski definition) is 2. The fourth-order valence-electron chi connectivity index (χ4n) is 2.56. The van der Waals surface area contributed by atoms with Crippen LogP contribution in [0.25, 0.3) is 0 Å². The van der Waals surface area contributed by atoms with Gasteiger partial charge in [0.2, 0.25) is 0 Å². The van der Waals surface area contributed by atoms with Gasteiger partial charge in [0.25, 0.3) is 0 Å². The zero-order valence-corrected chi connectivity index (χ0v) is 12.4. The lowest BCUT2D eigenvalue weighted by Crippen LogP contribution is -2.50. The number of thiocarbonyl (C=S) groups is 1. The third kappa shape index (κ3) is 4.80. The second kappa shape index (κ2) is 7.46. The second-order valence-corrected chi connectivity index (χ2v) is 5.47.